The van der Waals surface area contributed by atoms with Crippen LogP contribution in [0.25, 0.3) is 0 Å². The van der Waals surface area contributed by atoms with E-state index in [0.29, 0.717) is 5.92 Å². The molecule has 68 valence electrons. The van der Waals surface area contributed by atoms with Crippen molar-refractivity contribution in [3.05, 3.63) is 0 Å². The van der Waals surface area contributed by atoms with Gasteiger partial charge in [-0.25, -0.2) is 4.79 Å². The molecule has 0 aromatic carbocycles. The van der Waals surface area contributed by atoms with E-state index in [4.69, 9.17) is 4.74 Å². The third-order valence-corrected chi connectivity index (χ3v) is 2.74. The molecule has 0 aromatic rings. The second-order valence-electron chi connectivity index (χ2n) is 3.50. The van der Waals surface area contributed by atoms with E-state index in [9.17, 15) is 4.79 Å². The Kier molecular flexibility index (Phi) is 1.92. The minimum absolute atomic E-state index is 0.138. The molecule has 1 N–H and O–H groups in total. The largest absolute Gasteiger partial charge is 0.445 e. The van der Waals surface area contributed by atoms with Gasteiger partial charge in [-0.3, -0.25) is 4.90 Å². The molecule has 2 aliphatic heterocycles. The second-order valence-corrected chi connectivity index (χ2v) is 3.50. The molecule has 0 spiro atoms. The summed E-state index contributed by atoms with van der Waals surface area (Å²) in [7, 11) is 1.59. The highest BCUT2D eigenvalue weighted by Crippen LogP contribution is 2.29. The first-order valence-electron chi connectivity index (χ1n) is 4.40. The lowest BCUT2D eigenvalue weighted by Gasteiger charge is -2.21. The zero-order valence-electron chi connectivity index (χ0n) is 7.25. The van der Waals surface area contributed by atoms with E-state index in [1.165, 1.54) is 13.0 Å². The van der Waals surface area contributed by atoms with Crippen LogP contribution in [0.1, 0.15) is 6.42 Å². The summed E-state index contributed by atoms with van der Waals surface area (Å²) in [5.41, 5.74) is 0. The van der Waals surface area contributed by atoms with Crippen LogP contribution in [-0.2, 0) is 4.74 Å². The molecule has 0 radical (unpaired) electrons. The maximum absolute atomic E-state index is 10.9. The van der Waals surface area contributed by atoms with E-state index in [1.807, 2.05) is 0 Å². The van der Waals surface area contributed by atoms with E-state index >= 15 is 0 Å². The molecule has 12 heavy (non-hydrogen) atoms. The maximum atomic E-state index is 10.9. The lowest BCUT2D eigenvalue weighted by Crippen LogP contribution is -2.34. The summed E-state index contributed by atoms with van der Waals surface area (Å²) in [6, 6.07) is 0. The number of fused-ring (bicyclic) bond motifs is 2. The number of nitrogens with one attached hydrogen (secondary N) is 1. The number of nitrogens with zero attached hydrogens (tertiary/aromatic N) is 1. The van der Waals surface area contributed by atoms with Crippen molar-refractivity contribution in [2.75, 3.05) is 26.7 Å². The zero-order chi connectivity index (χ0) is 8.55. The van der Waals surface area contributed by atoms with E-state index in [1.54, 1.807) is 7.05 Å². The Balaban J connectivity index is 1.86. The standard InChI is InChI=1S/C8H14N2O2/c1-9-8(11)12-7-5-10-3-2-6(7)4-10/h6-7H,2-5H2,1H3,(H,9,11)/t6?,7-/m1/s1. The average molecular weight is 170 g/mol. The van der Waals surface area contributed by atoms with Gasteiger partial charge in [0.1, 0.15) is 6.10 Å². The fraction of sp³-hybridized carbons (Fsp3) is 0.875. The van der Waals surface area contributed by atoms with Gasteiger partial charge in [0.05, 0.1) is 0 Å². The molecule has 2 rings (SSSR count). The van der Waals surface area contributed by atoms with Gasteiger partial charge < -0.3 is 10.1 Å². The number of alkyl carbamates (subject to hydrolysis) is 1. The Hall–Kier alpha value is -0.770. The predicted octanol–water partition coefficient (Wildman–Crippen LogP) is 0.0465. The molecule has 0 aliphatic carbocycles. The average Bonchev–Trinajstić information content (AvgIpc) is 2.64. The Morgan fingerprint density at radius 2 is 2.42 bits per heavy atom. The number of piperidine rings is 1. The quantitative estimate of drug-likeness (QED) is 0.604. The maximum Gasteiger partial charge on any atom is 0.407 e. The molecular formula is C8H14N2O2. The van der Waals surface area contributed by atoms with Gasteiger partial charge in [0.2, 0.25) is 0 Å². The molecule has 1 amide bonds. The molecule has 0 saturated carbocycles. The molecule has 4 nitrogen and oxygen atoms in total. The van der Waals surface area contributed by atoms with Crippen molar-refractivity contribution in [3.8, 4) is 0 Å². The van der Waals surface area contributed by atoms with Gasteiger partial charge in [-0.15, -0.1) is 0 Å². The first kappa shape index (κ1) is 7.86. The number of hydrogen-bond acceptors (Lipinski definition) is 3. The molecule has 2 heterocycles. The molecule has 0 aromatic heterocycles. The Bertz CT molecular complexity index is 195. The van der Waals surface area contributed by atoms with Gasteiger partial charge in [-0.05, 0) is 13.0 Å². The van der Waals surface area contributed by atoms with Crippen molar-refractivity contribution in [2.45, 2.75) is 12.5 Å². The van der Waals surface area contributed by atoms with E-state index < -0.39 is 0 Å². The van der Waals surface area contributed by atoms with E-state index in [0.717, 1.165) is 13.1 Å². The number of ether oxygens (including phenoxy) is 1. The van der Waals surface area contributed by atoms with Crippen LogP contribution in [0, 0.1) is 5.92 Å². The van der Waals surface area contributed by atoms with Gasteiger partial charge >= 0.3 is 6.09 Å². The van der Waals surface area contributed by atoms with E-state index in [-0.39, 0.29) is 12.2 Å². The first-order valence-corrected chi connectivity index (χ1v) is 4.40. The van der Waals surface area contributed by atoms with Crippen LogP contribution in [0.5, 0.6) is 0 Å². The van der Waals surface area contributed by atoms with Crippen LogP contribution in [-0.4, -0.2) is 43.8 Å². The SMILES string of the molecule is CNC(=O)O[C@@H]1CN2CCC1C2. The van der Waals surface area contributed by atoms with Crippen molar-refractivity contribution >= 4 is 6.09 Å². The minimum atomic E-state index is -0.297. The Labute approximate surface area is 71.9 Å². The number of carbonyl (C=O) groups excluding carboxylic acids is 1. The third-order valence-electron chi connectivity index (χ3n) is 2.74. The summed E-state index contributed by atoms with van der Waals surface area (Å²) in [5.74, 6) is 0.585. The smallest absolute Gasteiger partial charge is 0.407 e. The summed E-state index contributed by atoms with van der Waals surface area (Å²) in [6.45, 7) is 3.22. The summed E-state index contributed by atoms with van der Waals surface area (Å²) in [6.07, 6.45) is 1.02. The van der Waals surface area contributed by atoms with E-state index in [2.05, 4.69) is 10.2 Å². The number of rotatable bonds is 1. The molecule has 2 bridgehead atoms. The van der Waals surface area contributed by atoms with Crippen LogP contribution in [0.4, 0.5) is 4.79 Å². The Morgan fingerprint density at radius 3 is 2.92 bits per heavy atom. The topological polar surface area (TPSA) is 41.6 Å². The fourth-order valence-corrected chi connectivity index (χ4v) is 2.07. The number of hydrogen-bond donors (Lipinski definition) is 1. The summed E-state index contributed by atoms with van der Waals surface area (Å²) in [5, 5.41) is 2.47. The predicted molar refractivity (Wildman–Crippen MR) is 43.9 cm³/mol. The monoisotopic (exact) mass is 170 g/mol. The van der Waals surface area contributed by atoms with Crippen molar-refractivity contribution < 1.29 is 9.53 Å². The molecule has 2 unspecified atom stereocenters. The van der Waals surface area contributed by atoms with Crippen molar-refractivity contribution in [2.24, 2.45) is 5.92 Å². The zero-order valence-corrected chi connectivity index (χ0v) is 7.25. The lowest BCUT2D eigenvalue weighted by atomic mass is 10.0. The number of carbonyl (C=O) groups is 1. The van der Waals surface area contributed by atoms with Crippen molar-refractivity contribution in [1.82, 2.24) is 10.2 Å². The van der Waals surface area contributed by atoms with Crippen LogP contribution >= 0.6 is 0 Å². The van der Waals surface area contributed by atoms with Gasteiger partial charge in [-0.1, -0.05) is 0 Å². The molecule has 2 aliphatic rings. The summed E-state index contributed by atoms with van der Waals surface area (Å²) < 4.78 is 5.20. The van der Waals surface area contributed by atoms with Gasteiger partial charge in [-0.2, -0.15) is 0 Å². The Morgan fingerprint density at radius 1 is 1.58 bits per heavy atom. The van der Waals surface area contributed by atoms with Crippen molar-refractivity contribution in [1.29, 1.82) is 0 Å². The van der Waals surface area contributed by atoms with Crippen LogP contribution in [0.2, 0.25) is 0 Å². The molecule has 3 atom stereocenters. The first-order chi connectivity index (χ1) is 5.79. The second kappa shape index (κ2) is 2.94. The molecular weight excluding hydrogens is 156 g/mol. The van der Waals surface area contributed by atoms with Crippen LogP contribution < -0.4 is 5.32 Å². The van der Waals surface area contributed by atoms with Gasteiger partial charge in [0.15, 0.2) is 0 Å². The minimum Gasteiger partial charge on any atom is -0.445 e. The highest BCUT2D eigenvalue weighted by Gasteiger charge is 2.40. The normalized spacial score (nSPS) is 38.2. The highest BCUT2D eigenvalue weighted by atomic mass is 16.6. The van der Waals surface area contributed by atoms with Gasteiger partial charge in [0, 0.05) is 26.1 Å². The van der Waals surface area contributed by atoms with Crippen LogP contribution in [0.15, 0.2) is 0 Å². The summed E-state index contributed by atoms with van der Waals surface area (Å²) >= 11 is 0. The van der Waals surface area contributed by atoms with Crippen LogP contribution in [0.3, 0.4) is 0 Å². The highest BCUT2D eigenvalue weighted by molar-refractivity contribution is 5.66. The number of amides is 1. The molecule has 2 saturated heterocycles. The van der Waals surface area contributed by atoms with Crippen molar-refractivity contribution in [3.63, 3.8) is 0 Å². The third kappa shape index (κ3) is 1.27. The van der Waals surface area contributed by atoms with Gasteiger partial charge in [0.25, 0.3) is 0 Å². The summed E-state index contributed by atoms with van der Waals surface area (Å²) in [4.78, 5) is 13.2. The molecule has 2 fully saturated rings. The lowest BCUT2D eigenvalue weighted by molar-refractivity contribution is 0.0702. The molecule has 4 heteroatoms. The fourth-order valence-electron chi connectivity index (χ4n) is 2.07.